The summed E-state index contributed by atoms with van der Waals surface area (Å²) in [5.74, 6) is 1.80. The molecule has 2 atom stereocenters. The van der Waals surface area contributed by atoms with Gasteiger partial charge in [0.25, 0.3) is 0 Å². The third-order valence-corrected chi connectivity index (χ3v) is 7.75. The number of nitrogens with one attached hydrogen (secondary N) is 3. The van der Waals surface area contributed by atoms with Gasteiger partial charge in [-0.25, -0.2) is 4.98 Å². The number of piperazine rings is 1. The van der Waals surface area contributed by atoms with Gasteiger partial charge in [-0.15, -0.1) is 0 Å². The van der Waals surface area contributed by atoms with Crippen molar-refractivity contribution in [3.8, 4) is 17.1 Å². The molecule has 2 aliphatic rings. The van der Waals surface area contributed by atoms with Gasteiger partial charge in [0, 0.05) is 65.6 Å². The molecule has 0 spiro atoms. The lowest BCUT2D eigenvalue weighted by atomic mass is 10.0. The summed E-state index contributed by atoms with van der Waals surface area (Å²) < 4.78 is 5.70. The van der Waals surface area contributed by atoms with Crippen LogP contribution in [0.4, 0.5) is 11.6 Å². The van der Waals surface area contributed by atoms with E-state index in [2.05, 4.69) is 77.7 Å². The van der Waals surface area contributed by atoms with E-state index in [9.17, 15) is 0 Å². The lowest BCUT2D eigenvalue weighted by molar-refractivity contribution is 0.166. The minimum absolute atomic E-state index is 0.503. The van der Waals surface area contributed by atoms with Crippen molar-refractivity contribution >= 4 is 22.5 Å². The number of aryl methyl sites for hydroxylation is 1. The fourth-order valence-electron chi connectivity index (χ4n) is 5.94. The van der Waals surface area contributed by atoms with Crippen LogP contribution in [0.15, 0.2) is 42.6 Å². The zero-order chi connectivity index (χ0) is 26.4. The van der Waals surface area contributed by atoms with E-state index in [0.29, 0.717) is 29.8 Å². The monoisotopic (exact) mass is 510 g/mol. The minimum atomic E-state index is 0.503. The molecule has 7 heteroatoms. The molecule has 0 unspecified atom stereocenters. The molecule has 1 aliphatic heterocycles. The van der Waals surface area contributed by atoms with Gasteiger partial charge in [0.2, 0.25) is 11.8 Å². The molecule has 7 nitrogen and oxygen atoms in total. The molecule has 3 heterocycles. The number of ether oxygens (including phenoxy) is 1. The lowest BCUT2D eigenvalue weighted by Gasteiger charge is -2.36. The highest BCUT2D eigenvalue weighted by Crippen LogP contribution is 2.42. The summed E-state index contributed by atoms with van der Waals surface area (Å²) >= 11 is 0. The van der Waals surface area contributed by atoms with Crippen molar-refractivity contribution < 1.29 is 4.74 Å². The number of rotatable bonds is 7. The Hall–Kier alpha value is -3.42. The lowest BCUT2D eigenvalue weighted by Crippen LogP contribution is -2.53. The van der Waals surface area contributed by atoms with Crippen LogP contribution in [0.1, 0.15) is 54.9 Å². The van der Waals surface area contributed by atoms with Crippen molar-refractivity contribution in [1.82, 2.24) is 25.2 Å². The number of aromatic nitrogens is 3. The summed E-state index contributed by atoms with van der Waals surface area (Å²) in [6.45, 7) is 11.7. The molecule has 1 saturated heterocycles. The predicted molar refractivity (Wildman–Crippen MR) is 154 cm³/mol. The Morgan fingerprint density at radius 3 is 2.55 bits per heavy atom. The molecule has 4 aromatic rings. The van der Waals surface area contributed by atoms with Crippen LogP contribution < -0.4 is 15.4 Å². The van der Waals surface area contributed by atoms with Crippen molar-refractivity contribution in [2.75, 3.05) is 25.5 Å². The van der Waals surface area contributed by atoms with Crippen molar-refractivity contribution in [3.05, 3.63) is 64.8 Å². The molecule has 38 heavy (non-hydrogen) atoms. The number of fused-ring (bicyclic) bond motifs is 1. The fraction of sp³-hybridized carbons (Fsp3) is 0.419. The number of H-pyrrole nitrogens is 1. The van der Waals surface area contributed by atoms with Crippen molar-refractivity contribution in [2.45, 2.75) is 65.1 Å². The van der Waals surface area contributed by atoms with E-state index >= 15 is 0 Å². The number of hydrogen-bond acceptors (Lipinski definition) is 6. The van der Waals surface area contributed by atoms with E-state index < -0.39 is 0 Å². The summed E-state index contributed by atoms with van der Waals surface area (Å²) in [5, 5.41) is 8.32. The number of methoxy groups -OCH3 is 1. The molecule has 198 valence electrons. The highest BCUT2D eigenvalue weighted by atomic mass is 16.5. The second kappa shape index (κ2) is 10.0. The molecule has 0 amide bonds. The second-order valence-corrected chi connectivity index (χ2v) is 11.3. The number of hydrogen-bond donors (Lipinski definition) is 3. The Balaban J connectivity index is 1.34. The van der Waals surface area contributed by atoms with Crippen LogP contribution in [-0.4, -0.2) is 52.1 Å². The topological polar surface area (TPSA) is 78.1 Å². The molecule has 2 aromatic heterocycles. The molecular formula is C31H38N6O. The van der Waals surface area contributed by atoms with Crippen LogP contribution >= 0.6 is 0 Å². The standard InChI is InChI=1S/C31H38N6O/c1-18-6-9-26-27(14-32-28(26)10-18)29-21(4)30(38-5)36-31(35-29)34-25-12-22(11-24(13-25)23-7-8-23)17-37-15-19(2)33-20(3)16-37/h6,9-14,19-20,23,32-33H,7-8,15-17H2,1-5H3,(H,34,35,36)/t19-,20+. The molecule has 1 saturated carbocycles. The largest absolute Gasteiger partial charge is 0.481 e. The van der Waals surface area contributed by atoms with E-state index in [4.69, 9.17) is 14.7 Å². The van der Waals surface area contributed by atoms with Crippen LogP contribution in [-0.2, 0) is 6.54 Å². The van der Waals surface area contributed by atoms with E-state index in [1.165, 1.54) is 29.5 Å². The SMILES string of the molecule is COc1nc(Nc2cc(CN3C[C@@H](C)N[C@@H](C)C3)cc(C3CC3)c2)nc(-c2c[nH]c3cc(C)ccc23)c1C. The number of aromatic amines is 1. The van der Waals surface area contributed by atoms with Crippen molar-refractivity contribution in [2.24, 2.45) is 0 Å². The summed E-state index contributed by atoms with van der Waals surface area (Å²) in [6, 6.07) is 14.4. The number of benzene rings is 2. The van der Waals surface area contributed by atoms with Gasteiger partial charge in [-0.2, -0.15) is 4.98 Å². The molecule has 6 rings (SSSR count). The van der Waals surface area contributed by atoms with Gasteiger partial charge in [-0.3, -0.25) is 4.90 Å². The van der Waals surface area contributed by atoms with E-state index in [-0.39, 0.29) is 0 Å². The molecule has 3 N–H and O–H groups in total. The van der Waals surface area contributed by atoms with Gasteiger partial charge in [0.1, 0.15) is 0 Å². The van der Waals surface area contributed by atoms with Gasteiger partial charge < -0.3 is 20.4 Å². The summed E-state index contributed by atoms with van der Waals surface area (Å²) in [6.07, 6.45) is 4.57. The third kappa shape index (κ3) is 5.13. The smallest absolute Gasteiger partial charge is 0.231 e. The van der Waals surface area contributed by atoms with Gasteiger partial charge >= 0.3 is 0 Å². The fourth-order valence-corrected chi connectivity index (χ4v) is 5.94. The van der Waals surface area contributed by atoms with Crippen LogP contribution in [0.5, 0.6) is 5.88 Å². The highest BCUT2D eigenvalue weighted by Gasteiger charge is 2.26. The molecular weight excluding hydrogens is 472 g/mol. The van der Waals surface area contributed by atoms with Gasteiger partial charge in [-0.05, 0) is 81.3 Å². The molecule has 1 aliphatic carbocycles. The maximum atomic E-state index is 5.70. The quantitative estimate of drug-likeness (QED) is 0.281. The first-order valence-electron chi connectivity index (χ1n) is 13.8. The van der Waals surface area contributed by atoms with E-state index in [1.54, 1.807) is 7.11 Å². The maximum absolute atomic E-state index is 5.70. The minimum Gasteiger partial charge on any atom is -0.481 e. The zero-order valence-electron chi connectivity index (χ0n) is 23.1. The van der Waals surface area contributed by atoms with Crippen molar-refractivity contribution in [3.63, 3.8) is 0 Å². The Kier molecular flexibility index (Phi) is 6.58. The Bertz CT molecular complexity index is 1460. The summed E-state index contributed by atoms with van der Waals surface area (Å²) in [5.41, 5.74) is 8.96. The zero-order valence-corrected chi connectivity index (χ0v) is 23.1. The average Bonchev–Trinajstić information content (AvgIpc) is 3.64. The second-order valence-electron chi connectivity index (χ2n) is 11.3. The molecule has 2 aromatic carbocycles. The average molecular weight is 511 g/mol. The van der Waals surface area contributed by atoms with E-state index in [1.807, 2.05) is 13.1 Å². The van der Waals surface area contributed by atoms with Crippen LogP contribution in [0.3, 0.4) is 0 Å². The summed E-state index contributed by atoms with van der Waals surface area (Å²) in [7, 11) is 1.67. The third-order valence-electron chi connectivity index (χ3n) is 7.75. The van der Waals surface area contributed by atoms with Gasteiger partial charge in [0.05, 0.1) is 12.8 Å². The predicted octanol–water partition coefficient (Wildman–Crippen LogP) is 6.05. The first-order chi connectivity index (χ1) is 18.4. The molecule has 0 radical (unpaired) electrons. The van der Waals surface area contributed by atoms with Crippen LogP contribution in [0.25, 0.3) is 22.2 Å². The number of anilines is 2. The Morgan fingerprint density at radius 1 is 1.03 bits per heavy atom. The molecule has 2 fully saturated rings. The normalized spacial score (nSPS) is 20.1. The van der Waals surface area contributed by atoms with Crippen LogP contribution in [0, 0.1) is 13.8 Å². The number of nitrogens with zero attached hydrogens (tertiary/aromatic N) is 3. The maximum Gasteiger partial charge on any atom is 0.231 e. The van der Waals surface area contributed by atoms with Crippen molar-refractivity contribution in [1.29, 1.82) is 0 Å². The van der Waals surface area contributed by atoms with Gasteiger partial charge in [0.15, 0.2) is 0 Å². The molecule has 0 bridgehead atoms. The Morgan fingerprint density at radius 2 is 1.82 bits per heavy atom. The first kappa shape index (κ1) is 24.9. The first-order valence-corrected chi connectivity index (χ1v) is 13.8. The van der Waals surface area contributed by atoms with E-state index in [0.717, 1.165) is 53.0 Å². The van der Waals surface area contributed by atoms with Gasteiger partial charge in [-0.1, -0.05) is 18.2 Å². The highest BCUT2D eigenvalue weighted by molar-refractivity contribution is 5.96. The Labute approximate surface area is 225 Å². The summed E-state index contributed by atoms with van der Waals surface area (Å²) in [4.78, 5) is 15.7. The van der Waals surface area contributed by atoms with Crippen LogP contribution in [0.2, 0.25) is 0 Å².